The Balaban J connectivity index is 1.39. The Morgan fingerprint density at radius 3 is 2.35 bits per heavy atom. The molecule has 0 saturated carbocycles. The number of nitrogens with one attached hydrogen (secondary N) is 1. The summed E-state index contributed by atoms with van der Waals surface area (Å²) >= 11 is 0. The van der Waals surface area contributed by atoms with Crippen LogP contribution in [-0.2, 0) is 20.7 Å². The van der Waals surface area contributed by atoms with Crippen LogP contribution in [-0.4, -0.2) is 48.6 Å². The molecule has 0 aliphatic carbocycles. The fourth-order valence-corrected chi connectivity index (χ4v) is 4.86. The number of amides is 2. The Morgan fingerprint density at radius 1 is 1.06 bits per heavy atom. The van der Waals surface area contributed by atoms with Crippen LogP contribution in [0.15, 0.2) is 54.6 Å². The van der Waals surface area contributed by atoms with Crippen molar-refractivity contribution in [1.29, 1.82) is 0 Å². The van der Waals surface area contributed by atoms with E-state index in [1.54, 1.807) is 7.11 Å². The minimum Gasteiger partial charge on any atom is -0.381 e. The fraction of sp³-hybridized carbons (Fsp3) is 0.462. The molecule has 5 nitrogen and oxygen atoms in total. The van der Waals surface area contributed by atoms with E-state index in [9.17, 15) is 9.59 Å². The number of methoxy groups -OCH3 is 1. The minimum absolute atomic E-state index is 0.0919. The average molecular weight is 421 g/mol. The molecule has 2 aliphatic rings. The van der Waals surface area contributed by atoms with Crippen LogP contribution in [0.2, 0.25) is 0 Å². The van der Waals surface area contributed by atoms with Gasteiger partial charge in [-0.05, 0) is 48.8 Å². The molecule has 2 amide bonds. The molecule has 1 atom stereocenters. The number of nitrogens with zero attached hydrogens (tertiary/aromatic N) is 1. The van der Waals surface area contributed by atoms with E-state index in [1.165, 1.54) is 16.7 Å². The summed E-state index contributed by atoms with van der Waals surface area (Å²) in [4.78, 5) is 26.8. The van der Waals surface area contributed by atoms with Gasteiger partial charge in [0.05, 0.1) is 6.10 Å². The average Bonchev–Trinajstić information content (AvgIpc) is 3.19. The number of likely N-dealkylation sites (tertiary alicyclic amines) is 1. The van der Waals surface area contributed by atoms with Crippen molar-refractivity contribution in [3.8, 4) is 11.1 Å². The molecule has 2 aromatic rings. The SMILES string of the molecule is COC1CCN(C(=O)CC[C@]2(Cc3ccc(-c4ccccc4)cc3)CCC(=O)N2)CC1. The Morgan fingerprint density at radius 2 is 1.74 bits per heavy atom. The van der Waals surface area contributed by atoms with E-state index >= 15 is 0 Å². The molecule has 2 aromatic carbocycles. The molecule has 0 radical (unpaired) electrons. The van der Waals surface area contributed by atoms with Gasteiger partial charge in [0.1, 0.15) is 0 Å². The predicted octanol–water partition coefficient (Wildman–Crippen LogP) is 3.96. The maximum atomic E-state index is 12.8. The largest absolute Gasteiger partial charge is 0.381 e. The van der Waals surface area contributed by atoms with Crippen molar-refractivity contribution in [3.63, 3.8) is 0 Å². The standard InChI is InChI=1S/C26H32N2O3/c1-31-23-13-17-28(18-14-23)25(30)12-16-26(15-11-24(29)27-26)19-20-7-9-22(10-8-20)21-5-3-2-4-6-21/h2-10,23H,11-19H2,1H3,(H,27,29)/t26-/m0/s1. The van der Waals surface area contributed by atoms with Gasteiger partial charge >= 0.3 is 0 Å². The van der Waals surface area contributed by atoms with Gasteiger partial charge in [-0.1, -0.05) is 54.6 Å². The van der Waals surface area contributed by atoms with Gasteiger partial charge in [-0.25, -0.2) is 0 Å². The number of carbonyl (C=O) groups is 2. The second-order valence-electron chi connectivity index (χ2n) is 8.88. The lowest BCUT2D eigenvalue weighted by Crippen LogP contribution is -2.46. The first-order valence-electron chi connectivity index (χ1n) is 11.3. The van der Waals surface area contributed by atoms with E-state index in [0.717, 1.165) is 38.8 Å². The topological polar surface area (TPSA) is 58.6 Å². The molecule has 164 valence electrons. The molecule has 0 spiro atoms. The summed E-state index contributed by atoms with van der Waals surface area (Å²) in [5.74, 6) is 0.281. The van der Waals surface area contributed by atoms with Crippen LogP contribution in [0.5, 0.6) is 0 Å². The van der Waals surface area contributed by atoms with Crippen LogP contribution in [0.3, 0.4) is 0 Å². The van der Waals surface area contributed by atoms with Crippen molar-refractivity contribution in [2.45, 2.75) is 56.6 Å². The van der Waals surface area contributed by atoms with Gasteiger partial charge in [0.2, 0.25) is 11.8 Å². The van der Waals surface area contributed by atoms with E-state index in [2.05, 4.69) is 41.7 Å². The third-order valence-electron chi connectivity index (χ3n) is 6.78. The van der Waals surface area contributed by atoms with Crippen LogP contribution in [0.1, 0.15) is 44.1 Å². The molecule has 0 unspecified atom stereocenters. The highest BCUT2D eigenvalue weighted by atomic mass is 16.5. The number of benzene rings is 2. The van der Waals surface area contributed by atoms with Gasteiger partial charge in [0, 0.05) is 38.6 Å². The molecule has 1 N–H and O–H groups in total. The summed E-state index contributed by atoms with van der Waals surface area (Å²) in [5, 5.41) is 3.21. The van der Waals surface area contributed by atoms with Gasteiger partial charge in [0.25, 0.3) is 0 Å². The van der Waals surface area contributed by atoms with E-state index in [1.807, 2.05) is 23.1 Å². The number of piperidine rings is 1. The molecule has 2 saturated heterocycles. The summed E-state index contributed by atoms with van der Waals surface area (Å²) in [6, 6.07) is 18.9. The highest BCUT2D eigenvalue weighted by Crippen LogP contribution is 2.31. The molecule has 31 heavy (non-hydrogen) atoms. The lowest BCUT2D eigenvalue weighted by atomic mass is 9.84. The van der Waals surface area contributed by atoms with Crippen LogP contribution in [0.4, 0.5) is 0 Å². The molecule has 5 heteroatoms. The third-order valence-corrected chi connectivity index (χ3v) is 6.78. The van der Waals surface area contributed by atoms with E-state index in [0.29, 0.717) is 19.3 Å². The van der Waals surface area contributed by atoms with Crippen molar-refractivity contribution in [2.75, 3.05) is 20.2 Å². The molecule has 0 aromatic heterocycles. The number of hydrogen-bond donors (Lipinski definition) is 1. The highest BCUT2D eigenvalue weighted by molar-refractivity contribution is 5.80. The summed E-state index contributed by atoms with van der Waals surface area (Å²) in [7, 11) is 1.74. The Kier molecular flexibility index (Phi) is 6.71. The molecule has 4 rings (SSSR count). The van der Waals surface area contributed by atoms with Gasteiger partial charge in [0.15, 0.2) is 0 Å². The normalized spacial score (nSPS) is 21.8. The first-order valence-corrected chi connectivity index (χ1v) is 11.3. The zero-order chi connectivity index (χ0) is 21.7. The van der Waals surface area contributed by atoms with Crippen LogP contribution in [0.25, 0.3) is 11.1 Å². The van der Waals surface area contributed by atoms with Crippen LogP contribution in [0, 0.1) is 0 Å². The van der Waals surface area contributed by atoms with Crippen LogP contribution >= 0.6 is 0 Å². The second kappa shape index (κ2) is 9.65. The number of hydrogen-bond acceptors (Lipinski definition) is 3. The first-order chi connectivity index (χ1) is 15.1. The van der Waals surface area contributed by atoms with Crippen LogP contribution < -0.4 is 5.32 Å². The van der Waals surface area contributed by atoms with Crippen molar-refractivity contribution >= 4 is 11.8 Å². The molecular weight excluding hydrogens is 388 g/mol. The molecule has 2 heterocycles. The number of carbonyl (C=O) groups excluding carboxylic acids is 2. The Labute approximate surface area is 184 Å². The molecule has 2 aliphatic heterocycles. The summed E-state index contributed by atoms with van der Waals surface area (Å²) in [6.45, 7) is 1.52. The van der Waals surface area contributed by atoms with E-state index in [-0.39, 0.29) is 23.5 Å². The smallest absolute Gasteiger partial charge is 0.222 e. The second-order valence-corrected chi connectivity index (χ2v) is 8.88. The van der Waals surface area contributed by atoms with Crippen molar-refractivity contribution < 1.29 is 14.3 Å². The van der Waals surface area contributed by atoms with E-state index < -0.39 is 0 Å². The number of rotatable bonds is 7. The molecule has 0 bridgehead atoms. The Bertz CT molecular complexity index is 889. The maximum absolute atomic E-state index is 12.8. The zero-order valence-electron chi connectivity index (χ0n) is 18.3. The van der Waals surface area contributed by atoms with Crippen molar-refractivity contribution in [1.82, 2.24) is 10.2 Å². The lowest BCUT2D eigenvalue weighted by molar-refractivity contribution is -0.134. The fourth-order valence-electron chi connectivity index (χ4n) is 4.86. The first kappa shape index (κ1) is 21.6. The van der Waals surface area contributed by atoms with Gasteiger partial charge in [-0.3, -0.25) is 9.59 Å². The van der Waals surface area contributed by atoms with E-state index in [4.69, 9.17) is 4.74 Å². The van der Waals surface area contributed by atoms with Crippen molar-refractivity contribution in [2.24, 2.45) is 0 Å². The highest BCUT2D eigenvalue weighted by Gasteiger charge is 2.38. The molecular formula is C26H32N2O3. The predicted molar refractivity (Wildman–Crippen MR) is 122 cm³/mol. The monoisotopic (exact) mass is 420 g/mol. The van der Waals surface area contributed by atoms with Gasteiger partial charge < -0.3 is 15.0 Å². The maximum Gasteiger partial charge on any atom is 0.222 e. The number of ether oxygens (including phenoxy) is 1. The van der Waals surface area contributed by atoms with Gasteiger partial charge in [-0.15, -0.1) is 0 Å². The third kappa shape index (κ3) is 5.34. The summed E-state index contributed by atoms with van der Waals surface area (Å²) in [5.41, 5.74) is 3.24. The van der Waals surface area contributed by atoms with Gasteiger partial charge in [-0.2, -0.15) is 0 Å². The Hall–Kier alpha value is -2.66. The quantitative estimate of drug-likeness (QED) is 0.738. The lowest BCUT2D eigenvalue weighted by Gasteiger charge is -2.33. The summed E-state index contributed by atoms with van der Waals surface area (Å²) in [6.07, 6.45) is 5.30. The van der Waals surface area contributed by atoms with Crippen molar-refractivity contribution in [3.05, 3.63) is 60.2 Å². The minimum atomic E-state index is -0.328. The summed E-state index contributed by atoms with van der Waals surface area (Å²) < 4.78 is 5.41. The zero-order valence-corrected chi connectivity index (χ0v) is 18.3. The molecule has 2 fully saturated rings.